The summed E-state index contributed by atoms with van der Waals surface area (Å²) in [7, 11) is 3.87. The van der Waals surface area contributed by atoms with Crippen molar-refractivity contribution in [2.75, 3.05) is 14.1 Å². The van der Waals surface area contributed by atoms with Crippen LogP contribution in [0.1, 0.15) is 13.3 Å². The van der Waals surface area contributed by atoms with Gasteiger partial charge in [-0.3, -0.25) is 4.99 Å². The van der Waals surface area contributed by atoms with Crippen molar-refractivity contribution < 1.29 is 14.9 Å². The summed E-state index contributed by atoms with van der Waals surface area (Å²) in [6, 6.07) is 0.00685. The second kappa shape index (κ2) is 4.52. The Kier molecular flexibility index (Phi) is 3.44. The SMILES string of the molecule is CC(O)[C@H]1O[C@@H]2SC(N(C)C)=N[C@@H]2C[C@@H]1O. The highest BCUT2D eigenvalue weighted by atomic mass is 32.2. The first kappa shape index (κ1) is 12.2. The van der Waals surface area contributed by atoms with Crippen molar-refractivity contribution in [1.29, 1.82) is 0 Å². The number of fused-ring (bicyclic) bond motifs is 1. The number of amidine groups is 1. The van der Waals surface area contributed by atoms with Gasteiger partial charge in [-0.05, 0) is 6.92 Å². The van der Waals surface area contributed by atoms with Gasteiger partial charge in [0.15, 0.2) is 5.17 Å². The number of aliphatic hydroxyl groups excluding tert-OH is 2. The Balaban J connectivity index is 2.05. The summed E-state index contributed by atoms with van der Waals surface area (Å²) in [6.45, 7) is 1.64. The molecule has 2 aliphatic rings. The molecule has 16 heavy (non-hydrogen) atoms. The fourth-order valence-corrected chi connectivity index (χ4v) is 3.11. The van der Waals surface area contributed by atoms with Gasteiger partial charge in [0.1, 0.15) is 11.5 Å². The molecule has 5 nitrogen and oxygen atoms in total. The molecule has 0 aromatic heterocycles. The first-order valence-electron chi connectivity index (χ1n) is 5.42. The summed E-state index contributed by atoms with van der Waals surface area (Å²) < 4.78 is 5.69. The normalized spacial score (nSPS) is 40.2. The lowest BCUT2D eigenvalue weighted by molar-refractivity contribution is -0.136. The molecule has 6 heteroatoms. The van der Waals surface area contributed by atoms with Crippen LogP contribution in [-0.4, -0.2) is 64.2 Å². The van der Waals surface area contributed by atoms with E-state index in [2.05, 4.69) is 4.99 Å². The molecule has 2 heterocycles. The van der Waals surface area contributed by atoms with Gasteiger partial charge in [-0.2, -0.15) is 0 Å². The largest absolute Gasteiger partial charge is 0.391 e. The van der Waals surface area contributed by atoms with Crippen LogP contribution in [0.15, 0.2) is 4.99 Å². The van der Waals surface area contributed by atoms with Crippen LogP contribution in [0.2, 0.25) is 0 Å². The molecule has 2 aliphatic heterocycles. The van der Waals surface area contributed by atoms with Gasteiger partial charge < -0.3 is 19.8 Å². The maximum absolute atomic E-state index is 9.83. The quantitative estimate of drug-likeness (QED) is 0.675. The minimum Gasteiger partial charge on any atom is -0.391 e. The molecule has 1 unspecified atom stereocenters. The Hall–Kier alpha value is -0.300. The molecule has 0 aromatic rings. The molecule has 92 valence electrons. The Morgan fingerprint density at radius 3 is 2.81 bits per heavy atom. The minimum atomic E-state index is -0.653. The number of thioether (sulfide) groups is 1. The Bertz CT molecular complexity index is 296. The van der Waals surface area contributed by atoms with Crippen LogP contribution in [0.4, 0.5) is 0 Å². The van der Waals surface area contributed by atoms with Crippen LogP contribution in [0, 0.1) is 0 Å². The molecule has 0 amide bonds. The zero-order valence-corrected chi connectivity index (χ0v) is 10.5. The molecule has 2 N–H and O–H groups in total. The van der Waals surface area contributed by atoms with E-state index in [1.54, 1.807) is 18.7 Å². The number of hydrogen-bond acceptors (Lipinski definition) is 6. The average Bonchev–Trinajstić information content (AvgIpc) is 2.58. The van der Waals surface area contributed by atoms with E-state index in [1.165, 1.54) is 0 Å². The molecule has 0 bridgehead atoms. The second-order valence-electron chi connectivity index (χ2n) is 4.50. The summed E-state index contributed by atoms with van der Waals surface area (Å²) >= 11 is 1.56. The summed E-state index contributed by atoms with van der Waals surface area (Å²) in [5.41, 5.74) is -0.0691. The fraction of sp³-hybridized carbons (Fsp3) is 0.900. The molecule has 0 aliphatic carbocycles. The van der Waals surface area contributed by atoms with Crippen molar-refractivity contribution in [3.8, 4) is 0 Å². The average molecular weight is 246 g/mol. The van der Waals surface area contributed by atoms with Gasteiger partial charge in [0.05, 0.1) is 18.2 Å². The van der Waals surface area contributed by atoms with Crippen LogP contribution in [0.3, 0.4) is 0 Å². The molecule has 1 saturated heterocycles. The molecular weight excluding hydrogens is 228 g/mol. The van der Waals surface area contributed by atoms with Gasteiger partial charge in [-0.1, -0.05) is 11.8 Å². The molecule has 0 radical (unpaired) electrons. The number of ether oxygens (including phenoxy) is 1. The smallest absolute Gasteiger partial charge is 0.161 e. The highest BCUT2D eigenvalue weighted by Crippen LogP contribution is 2.37. The van der Waals surface area contributed by atoms with Crippen molar-refractivity contribution in [3.05, 3.63) is 0 Å². The number of nitrogens with zero attached hydrogens (tertiary/aromatic N) is 2. The summed E-state index contributed by atoms with van der Waals surface area (Å²) in [5.74, 6) is 0. The van der Waals surface area contributed by atoms with Gasteiger partial charge >= 0.3 is 0 Å². The summed E-state index contributed by atoms with van der Waals surface area (Å²) in [4.78, 5) is 6.43. The number of rotatable bonds is 1. The van der Waals surface area contributed by atoms with Crippen molar-refractivity contribution in [2.45, 2.75) is 43.1 Å². The monoisotopic (exact) mass is 246 g/mol. The number of aliphatic hydroxyl groups is 2. The van der Waals surface area contributed by atoms with E-state index in [0.717, 1.165) is 5.17 Å². The number of hydrogen-bond donors (Lipinski definition) is 2. The van der Waals surface area contributed by atoms with Crippen molar-refractivity contribution in [3.63, 3.8) is 0 Å². The molecule has 2 rings (SSSR count). The molecule has 0 spiro atoms. The fourth-order valence-electron chi connectivity index (χ4n) is 1.98. The number of aliphatic imine (C=N–C) groups is 1. The van der Waals surface area contributed by atoms with Crippen LogP contribution in [0.25, 0.3) is 0 Å². The van der Waals surface area contributed by atoms with Gasteiger partial charge in [0.2, 0.25) is 0 Å². The zero-order valence-electron chi connectivity index (χ0n) is 9.70. The second-order valence-corrected chi connectivity index (χ2v) is 5.57. The van der Waals surface area contributed by atoms with E-state index in [1.807, 2.05) is 19.0 Å². The van der Waals surface area contributed by atoms with Crippen LogP contribution < -0.4 is 0 Å². The van der Waals surface area contributed by atoms with E-state index >= 15 is 0 Å². The summed E-state index contributed by atoms with van der Waals surface area (Å²) in [5, 5.41) is 20.3. The van der Waals surface area contributed by atoms with Crippen LogP contribution in [-0.2, 0) is 4.74 Å². The zero-order chi connectivity index (χ0) is 11.9. The van der Waals surface area contributed by atoms with Crippen molar-refractivity contribution in [1.82, 2.24) is 4.90 Å². The molecule has 5 atom stereocenters. The van der Waals surface area contributed by atoms with E-state index in [4.69, 9.17) is 4.74 Å². The van der Waals surface area contributed by atoms with Crippen molar-refractivity contribution >= 4 is 16.9 Å². The highest BCUT2D eigenvalue weighted by molar-refractivity contribution is 8.14. The molecule has 1 fully saturated rings. The van der Waals surface area contributed by atoms with E-state index in [9.17, 15) is 10.2 Å². The highest BCUT2D eigenvalue weighted by Gasteiger charge is 2.43. The van der Waals surface area contributed by atoms with E-state index in [0.29, 0.717) is 6.42 Å². The summed E-state index contributed by atoms with van der Waals surface area (Å²) in [6.07, 6.45) is -1.22. The van der Waals surface area contributed by atoms with Gasteiger partial charge in [0.25, 0.3) is 0 Å². The minimum absolute atomic E-state index is 0.00685. The lowest BCUT2D eigenvalue weighted by Gasteiger charge is -2.35. The molecule has 0 aromatic carbocycles. The van der Waals surface area contributed by atoms with Gasteiger partial charge in [-0.15, -0.1) is 0 Å². The van der Waals surface area contributed by atoms with Gasteiger partial charge in [0, 0.05) is 20.5 Å². The topological polar surface area (TPSA) is 65.3 Å². The third kappa shape index (κ3) is 2.20. The van der Waals surface area contributed by atoms with Gasteiger partial charge in [-0.25, -0.2) is 0 Å². The maximum atomic E-state index is 9.83. The maximum Gasteiger partial charge on any atom is 0.161 e. The first-order valence-corrected chi connectivity index (χ1v) is 6.30. The first-order chi connectivity index (χ1) is 7.49. The predicted molar refractivity (Wildman–Crippen MR) is 63.5 cm³/mol. The standard InChI is InChI=1S/C10H18N2O3S/c1-5(13)8-7(14)4-6-9(15-8)16-10(11-6)12(2)3/h5-9,13-14H,4H2,1-3H3/t5?,6-,7+,8-,9-/m1/s1. The van der Waals surface area contributed by atoms with Crippen LogP contribution in [0.5, 0.6) is 0 Å². The molecular formula is C10H18N2O3S. The van der Waals surface area contributed by atoms with Crippen molar-refractivity contribution in [2.24, 2.45) is 4.99 Å². The Morgan fingerprint density at radius 1 is 1.56 bits per heavy atom. The third-order valence-corrected chi connectivity index (χ3v) is 4.16. The third-order valence-electron chi connectivity index (χ3n) is 2.82. The molecule has 0 saturated carbocycles. The predicted octanol–water partition coefficient (Wildman–Crippen LogP) is -0.124. The lowest BCUT2D eigenvalue weighted by Crippen LogP contribution is -2.48. The van der Waals surface area contributed by atoms with E-state index in [-0.39, 0.29) is 11.5 Å². The Morgan fingerprint density at radius 2 is 2.25 bits per heavy atom. The lowest BCUT2D eigenvalue weighted by atomic mass is 9.99. The Labute approximate surface area is 99.5 Å². The van der Waals surface area contributed by atoms with Crippen LogP contribution >= 0.6 is 11.8 Å². The van der Waals surface area contributed by atoms with E-state index < -0.39 is 18.3 Å².